The molecule has 8 heteroatoms. The molecule has 1 aliphatic carbocycles. The van der Waals surface area contributed by atoms with Gasteiger partial charge in [-0.25, -0.2) is 9.78 Å². The van der Waals surface area contributed by atoms with Gasteiger partial charge >= 0.3 is 5.97 Å². The number of hydrogen-bond donors (Lipinski definition) is 2. The number of aromatic carboxylic acids is 1. The maximum atomic E-state index is 10.9. The molecule has 2 heterocycles. The van der Waals surface area contributed by atoms with Gasteiger partial charge in [0.2, 0.25) is 5.28 Å². The Morgan fingerprint density at radius 2 is 1.92 bits per heavy atom. The largest absolute Gasteiger partial charge is 0.478 e. The smallest absolute Gasteiger partial charge is 0.335 e. The van der Waals surface area contributed by atoms with Crippen LogP contribution >= 0.6 is 11.6 Å². The van der Waals surface area contributed by atoms with E-state index in [0.717, 1.165) is 18.5 Å². The van der Waals surface area contributed by atoms with Crippen LogP contribution in [0.15, 0.2) is 30.6 Å². The normalized spacial score (nSPS) is 14.9. The molecule has 1 saturated carbocycles. The van der Waals surface area contributed by atoms with E-state index < -0.39 is 5.97 Å². The molecule has 3 aromatic rings. The highest BCUT2D eigenvalue weighted by Crippen LogP contribution is 2.33. The van der Waals surface area contributed by atoms with Gasteiger partial charge in [0.25, 0.3) is 0 Å². The molecular weight excluding hydrogens is 342 g/mol. The van der Waals surface area contributed by atoms with E-state index in [4.69, 9.17) is 16.7 Å². The van der Waals surface area contributed by atoms with E-state index in [1.807, 2.05) is 0 Å². The lowest BCUT2D eigenvalue weighted by molar-refractivity contribution is 0.0697. The maximum Gasteiger partial charge on any atom is 0.335 e. The van der Waals surface area contributed by atoms with Crippen LogP contribution in [-0.2, 0) is 0 Å². The van der Waals surface area contributed by atoms with Crippen molar-refractivity contribution in [3.05, 3.63) is 41.4 Å². The Morgan fingerprint density at radius 3 is 2.60 bits per heavy atom. The predicted octanol–water partition coefficient (Wildman–Crippen LogP) is 4.04. The summed E-state index contributed by atoms with van der Waals surface area (Å²) in [6.07, 6.45) is 6.46. The lowest BCUT2D eigenvalue weighted by atomic mass is 10.2. The first-order valence-corrected chi connectivity index (χ1v) is 8.50. The Morgan fingerprint density at radius 1 is 1.20 bits per heavy atom. The number of benzene rings is 1. The van der Waals surface area contributed by atoms with Crippen LogP contribution in [0.2, 0.25) is 5.28 Å². The Bertz CT molecular complexity index is 932. The zero-order chi connectivity index (χ0) is 17.4. The van der Waals surface area contributed by atoms with Crippen LogP contribution < -0.4 is 5.32 Å². The summed E-state index contributed by atoms with van der Waals surface area (Å²) in [5, 5.41) is 12.3. The van der Waals surface area contributed by atoms with Gasteiger partial charge in [0.1, 0.15) is 0 Å². The third kappa shape index (κ3) is 3.02. The fraction of sp³-hybridized carbons (Fsp3) is 0.294. The van der Waals surface area contributed by atoms with Crippen molar-refractivity contribution in [2.24, 2.45) is 0 Å². The number of carboxylic acids is 1. The van der Waals surface area contributed by atoms with Crippen molar-refractivity contribution in [3.63, 3.8) is 0 Å². The van der Waals surface area contributed by atoms with E-state index in [2.05, 4.69) is 24.8 Å². The lowest BCUT2D eigenvalue weighted by Crippen LogP contribution is -2.05. The van der Waals surface area contributed by atoms with Gasteiger partial charge in [-0.3, -0.25) is 0 Å². The first-order valence-electron chi connectivity index (χ1n) is 8.12. The summed E-state index contributed by atoms with van der Waals surface area (Å²) in [4.78, 5) is 24.0. The molecule has 0 unspecified atom stereocenters. The second-order valence-electron chi connectivity index (χ2n) is 6.11. The summed E-state index contributed by atoms with van der Waals surface area (Å²) in [5.41, 5.74) is 2.30. The minimum absolute atomic E-state index is 0.150. The highest BCUT2D eigenvalue weighted by atomic mass is 35.5. The number of carboxylic acid groups (broad SMARTS) is 1. The van der Waals surface area contributed by atoms with Crippen molar-refractivity contribution in [2.75, 3.05) is 5.32 Å². The molecule has 25 heavy (non-hydrogen) atoms. The monoisotopic (exact) mass is 357 g/mol. The fourth-order valence-electron chi connectivity index (χ4n) is 3.26. The number of carbonyl (C=O) groups is 1. The van der Waals surface area contributed by atoms with Crippen LogP contribution in [0.1, 0.15) is 42.1 Å². The van der Waals surface area contributed by atoms with Gasteiger partial charge in [-0.05, 0) is 48.7 Å². The second-order valence-corrected chi connectivity index (χ2v) is 6.45. The molecule has 2 N–H and O–H groups in total. The SMILES string of the molecule is O=C(O)c1ccc(Nc2nc(Cl)nc3c2ncn3C2CCCC2)cc1. The number of hydrogen-bond acceptors (Lipinski definition) is 5. The molecule has 1 aromatic carbocycles. The number of nitrogens with zero attached hydrogens (tertiary/aromatic N) is 4. The Hall–Kier alpha value is -2.67. The van der Waals surface area contributed by atoms with E-state index in [-0.39, 0.29) is 10.8 Å². The first-order chi connectivity index (χ1) is 12.1. The average molecular weight is 358 g/mol. The lowest BCUT2D eigenvalue weighted by Gasteiger charge is -2.12. The van der Waals surface area contributed by atoms with Crippen molar-refractivity contribution in [3.8, 4) is 0 Å². The molecule has 0 atom stereocenters. The number of rotatable bonds is 4. The summed E-state index contributed by atoms with van der Waals surface area (Å²) in [6, 6.07) is 6.82. The predicted molar refractivity (Wildman–Crippen MR) is 94.5 cm³/mol. The zero-order valence-corrected chi connectivity index (χ0v) is 14.1. The topological polar surface area (TPSA) is 92.9 Å². The average Bonchev–Trinajstić information content (AvgIpc) is 3.24. The number of aromatic nitrogens is 4. The minimum atomic E-state index is -0.964. The van der Waals surface area contributed by atoms with Crippen LogP contribution in [0.3, 0.4) is 0 Å². The number of fused-ring (bicyclic) bond motifs is 1. The van der Waals surface area contributed by atoms with Gasteiger partial charge in [-0.15, -0.1) is 0 Å². The van der Waals surface area contributed by atoms with Crippen LogP contribution in [-0.4, -0.2) is 30.6 Å². The van der Waals surface area contributed by atoms with Crippen molar-refractivity contribution in [2.45, 2.75) is 31.7 Å². The molecule has 0 spiro atoms. The molecule has 4 rings (SSSR count). The van der Waals surface area contributed by atoms with Crippen molar-refractivity contribution in [1.29, 1.82) is 0 Å². The van der Waals surface area contributed by atoms with Crippen LogP contribution in [0.5, 0.6) is 0 Å². The van der Waals surface area contributed by atoms with Gasteiger partial charge in [0.15, 0.2) is 17.0 Å². The summed E-state index contributed by atoms with van der Waals surface area (Å²) < 4.78 is 2.08. The second kappa shape index (κ2) is 6.33. The van der Waals surface area contributed by atoms with Crippen molar-refractivity contribution in [1.82, 2.24) is 19.5 Å². The van der Waals surface area contributed by atoms with E-state index >= 15 is 0 Å². The number of imidazole rings is 1. The molecule has 7 nitrogen and oxygen atoms in total. The number of anilines is 2. The maximum absolute atomic E-state index is 10.9. The first kappa shape index (κ1) is 15.8. The van der Waals surface area contributed by atoms with Crippen molar-refractivity contribution >= 4 is 40.2 Å². The van der Waals surface area contributed by atoms with Crippen molar-refractivity contribution < 1.29 is 9.90 Å². The van der Waals surface area contributed by atoms with Crippen LogP contribution in [0.4, 0.5) is 11.5 Å². The van der Waals surface area contributed by atoms with E-state index in [1.165, 1.54) is 25.0 Å². The van der Waals surface area contributed by atoms with Gasteiger partial charge < -0.3 is 15.0 Å². The molecule has 1 aliphatic rings. The summed E-state index contributed by atoms with van der Waals surface area (Å²) in [5.74, 6) is -0.454. The highest BCUT2D eigenvalue weighted by molar-refractivity contribution is 6.28. The summed E-state index contributed by atoms with van der Waals surface area (Å²) in [6.45, 7) is 0. The zero-order valence-electron chi connectivity index (χ0n) is 13.3. The Kier molecular flexibility index (Phi) is 4.01. The fourth-order valence-corrected chi connectivity index (χ4v) is 3.42. The molecule has 0 bridgehead atoms. The van der Waals surface area contributed by atoms with Gasteiger partial charge in [0.05, 0.1) is 11.9 Å². The molecule has 1 fully saturated rings. The molecule has 2 aromatic heterocycles. The quantitative estimate of drug-likeness (QED) is 0.684. The molecular formula is C17H16ClN5O2. The van der Waals surface area contributed by atoms with E-state index in [9.17, 15) is 4.79 Å². The standard InChI is InChI=1S/C17H16ClN5O2/c18-17-21-14(20-11-7-5-10(6-8-11)16(24)25)13-15(22-17)23(9-19-13)12-3-1-2-4-12/h5-9,12H,1-4H2,(H,24,25)(H,20,21,22). The van der Waals surface area contributed by atoms with Crippen LogP contribution in [0, 0.1) is 0 Å². The van der Waals surface area contributed by atoms with E-state index in [1.54, 1.807) is 18.5 Å². The molecule has 0 saturated heterocycles. The van der Waals surface area contributed by atoms with Gasteiger partial charge in [-0.1, -0.05) is 12.8 Å². The van der Waals surface area contributed by atoms with Crippen LogP contribution in [0.25, 0.3) is 11.2 Å². The summed E-state index contributed by atoms with van der Waals surface area (Å²) >= 11 is 6.11. The minimum Gasteiger partial charge on any atom is -0.478 e. The van der Waals surface area contributed by atoms with E-state index in [0.29, 0.717) is 23.1 Å². The molecule has 0 amide bonds. The highest BCUT2D eigenvalue weighted by Gasteiger charge is 2.21. The molecule has 0 radical (unpaired) electrons. The molecule has 0 aliphatic heterocycles. The third-order valence-corrected chi connectivity index (χ3v) is 4.68. The van der Waals surface area contributed by atoms with Gasteiger partial charge in [-0.2, -0.15) is 9.97 Å². The number of halogens is 1. The number of nitrogens with one attached hydrogen (secondary N) is 1. The molecule has 128 valence electrons. The summed E-state index contributed by atoms with van der Waals surface area (Å²) in [7, 11) is 0. The third-order valence-electron chi connectivity index (χ3n) is 4.51. The Balaban J connectivity index is 1.70. The Labute approximate surface area is 148 Å². The van der Waals surface area contributed by atoms with Gasteiger partial charge in [0, 0.05) is 11.7 Å².